The Morgan fingerprint density at radius 2 is 1.90 bits per heavy atom. The van der Waals surface area contributed by atoms with Crippen LogP contribution in [0.2, 0.25) is 0 Å². The van der Waals surface area contributed by atoms with Crippen LogP contribution in [-0.2, 0) is 6.42 Å². The lowest BCUT2D eigenvalue weighted by molar-refractivity contribution is 0.0513. The largest absolute Gasteiger partial charge is 0.357 e. The first kappa shape index (κ1) is 12.0. The molecule has 1 aromatic carbocycles. The molecule has 2 aliphatic heterocycles. The second-order valence-electron chi connectivity index (χ2n) is 7.02. The molecule has 3 aliphatic rings. The molecule has 21 heavy (non-hydrogen) atoms. The molecule has 2 nitrogen and oxygen atoms in total. The number of nitrogens with one attached hydrogen (secondary N) is 1. The summed E-state index contributed by atoms with van der Waals surface area (Å²) in [5, 5.41) is 1.46. The van der Waals surface area contributed by atoms with Gasteiger partial charge in [-0.1, -0.05) is 30.4 Å². The third-order valence-corrected chi connectivity index (χ3v) is 5.98. The summed E-state index contributed by atoms with van der Waals surface area (Å²) in [6, 6.07) is 9.47. The van der Waals surface area contributed by atoms with Crippen molar-refractivity contribution in [3.8, 4) is 0 Å². The molecule has 0 amide bonds. The predicted octanol–water partition coefficient (Wildman–Crippen LogP) is 4.05. The number of H-pyrrole nitrogens is 1. The molecule has 1 aromatic heterocycles. The highest BCUT2D eigenvalue weighted by atomic mass is 15.2. The van der Waals surface area contributed by atoms with Crippen LogP contribution in [0.3, 0.4) is 0 Å². The van der Waals surface area contributed by atoms with Gasteiger partial charge in [-0.15, -0.1) is 0 Å². The van der Waals surface area contributed by atoms with Crippen LogP contribution in [-0.4, -0.2) is 23.0 Å². The van der Waals surface area contributed by atoms with E-state index in [1.807, 2.05) is 0 Å². The smallest absolute Gasteiger partial charge is 0.0504 e. The van der Waals surface area contributed by atoms with Crippen LogP contribution in [0.4, 0.5) is 0 Å². The predicted molar refractivity (Wildman–Crippen MR) is 86.3 cm³/mol. The molecule has 3 atom stereocenters. The summed E-state index contributed by atoms with van der Waals surface area (Å²) in [4.78, 5) is 6.50. The minimum absolute atomic E-state index is 0.633. The van der Waals surface area contributed by atoms with E-state index in [0.29, 0.717) is 6.04 Å². The van der Waals surface area contributed by atoms with Crippen molar-refractivity contribution >= 4 is 10.9 Å². The zero-order valence-corrected chi connectivity index (χ0v) is 12.4. The topological polar surface area (TPSA) is 19.0 Å². The lowest BCUT2D eigenvalue weighted by atomic mass is 9.73. The van der Waals surface area contributed by atoms with Gasteiger partial charge in [0.1, 0.15) is 0 Å². The summed E-state index contributed by atoms with van der Waals surface area (Å²) in [7, 11) is 0. The molecular weight excluding hydrogens is 256 g/mol. The first-order valence-corrected chi connectivity index (χ1v) is 8.38. The zero-order chi connectivity index (χ0) is 13.8. The van der Waals surface area contributed by atoms with Crippen molar-refractivity contribution in [2.75, 3.05) is 13.1 Å². The third kappa shape index (κ3) is 1.75. The zero-order valence-electron chi connectivity index (χ0n) is 12.4. The fourth-order valence-electron chi connectivity index (χ4n) is 4.88. The molecule has 1 aliphatic carbocycles. The molecule has 108 valence electrons. The van der Waals surface area contributed by atoms with E-state index in [2.05, 4.69) is 46.3 Å². The lowest BCUT2D eigenvalue weighted by Crippen LogP contribution is -2.46. The Morgan fingerprint density at radius 1 is 1.05 bits per heavy atom. The molecule has 0 bridgehead atoms. The standard InChI is InChI=1S/C19H22N2/c1-2-6-14-12-21-10-9-16-15-7-3-4-8-17(15)20-19(16)18(21)11-13(14)5-1/h1-4,7-8,13-14,18,20H,5-6,9-12H2/t13-,14+,18-/m0/s1. The van der Waals surface area contributed by atoms with Gasteiger partial charge in [-0.2, -0.15) is 0 Å². The summed E-state index contributed by atoms with van der Waals surface area (Å²) < 4.78 is 0. The van der Waals surface area contributed by atoms with E-state index in [-0.39, 0.29) is 0 Å². The summed E-state index contributed by atoms with van der Waals surface area (Å²) in [5.74, 6) is 1.80. The van der Waals surface area contributed by atoms with Crippen LogP contribution < -0.4 is 0 Å². The molecule has 0 radical (unpaired) electrons. The lowest BCUT2D eigenvalue weighted by Gasteiger charge is -2.47. The van der Waals surface area contributed by atoms with Crippen LogP contribution in [0.25, 0.3) is 10.9 Å². The van der Waals surface area contributed by atoms with E-state index >= 15 is 0 Å². The summed E-state index contributed by atoms with van der Waals surface area (Å²) in [6.45, 7) is 2.54. The highest BCUT2D eigenvalue weighted by Gasteiger charge is 2.39. The number of hydrogen-bond acceptors (Lipinski definition) is 1. The van der Waals surface area contributed by atoms with Gasteiger partial charge in [-0.3, -0.25) is 4.90 Å². The van der Waals surface area contributed by atoms with E-state index in [9.17, 15) is 0 Å². The van der Waals surface area contributed by atoms with Crippen molar-refractivity contribution in [1.29, 1.82) is 0 Å². The number of rotatable bonds is 0. The summed E-state index contributed by atoms with van der Waals surface area (Å²) in [5.41, 5.74) is 4.45. The van der Waals surface area contributed by atoms with Gasteiger partial charge in [0.2, 0.25) is 0 Å². The molecule has 2 aromatic rings. The van der Waals surface area contributed by atoms with Gasteiger partial charge >= 0.3 is 0 Å². The van der Waals surface area contributed by atoms with Gasteiger partial charge in [-0.25, -0.2) is 0 Å². The summed E-state index contributed by atoms with van der Waals surface area (Å²) >= 11 is 0. The summed E-state index contributed by atoms with van der Waals surface area (Å²) in [6.07, 6.45) is 9.96. The maximum absolute atomic E-state index is 3.75. The number of fused-ring (bicyclic) bond motifs is 6. The first-order valence-electron chi connectivity index (χ1n) is 8.38. The van der Waals surface area contributed by atoms with Crippen molar-refractivity contribution < 1.29 is 0 Å². The Balaban J connectivity index is 1.58. The van der Waals surface area contributed by atoms with Crippen molar-refractivity contribution in [3.05, 3.63) is 47.7 Å². The Morgan fingerprint density at radius 3 is 2.86 bits per heavy atom. The van der Waals surface area contributed by atoms with Crippen LogP contribution >= 0.6 is 0 Å². The highest BCUT2D eigenvalue weighted by molar-refractivity contribution is 5.85. The van der Waals surface area contributed by atoms with E-state index in [1.165, 1.54) is 55.4 Å². The van der Waals surface area contributed by atoms with Gasteiger partial charge in [-0.05, 0) is 49.1 Å². The van der Waals surface area contributed by atoms with E-state index in [1.54, 1.807) is 5.56 Å². The molecule has 0 saturated carbocycles. The van der Waals surface area contributed by atoms with E-state index < -0.39 is 0 Å². The number of aromatic nitrogens is 1. The number of benzene rings is 1. The van der Waals surface area contributed by atoms with Crippen LogP contribution in [0.5, 0.6) is 0 Å². The maximum Gasteiger partial charge on any atom is 0.0504 e. The average molecular weight is 278 g/mol. The third-order valence-electron chi connectivity index (χ3n) is 5.98. The molecule has 1 fully saturated rings. The number of piperidine rings is 1. The number of para-hydroxylation sites is 1. The Labute approximate surface area is 125 Å². The molecule has 0 spiro atoms. The first-order chi connectivity index (χ1) is 10.4. The quantitative estimate of drug-likeness (QED) is 0.720. The van der Waals surface area contributed by atoms with Gasteiger partial charge in [0, 0.05) is 29.7 Å². The molecule has 5 rings (SSSR count). The van der Waals surface area contributed by atoms with Crippen molar-refractivity contribution in [1.82, 2.24) is 9.88 Å². The average Bonchev–Trinajstić information content (AvgIpc) is 2.92. The van der Waals surface area contributed by atoms with E-state index in [0.717, 1.165) is 11.8 Å². The monoisotopic (exact) mass is 278 g/mol. The number of allylic oxidation sites excluding steroid dienone is 2. The number of hydrogen-bond donors (Lipinski definition) is 1. The van der Waals surface area contributed by atoms with Gasteiger partial charge in [0.15, 0.2) is 0 Å². The minimum Gasteiger partial charge on any atom is -0.357 e. The molecule has 2 heteroatoms. The fraction of sp³-hybridized carbons (Fsp3) is 0.474. The molecule has 1 saturated heterocycles. The molecule has 1 N–H and O–H groups in total. The van der Waals surface area contributed by atoms with Gasteiger partial charge < -0.3 is 4.98 Å². The van der Waals surface area contributed by atoms with Gasteiger partial charge in [0.25, 0.3) is 0 Å². The Bertz CT molecular complexity index is 711. The fourth-order valence-corrected chi connectivity index (χ4v) is 4.88. The molecule has 0 unspecified atom stereocenters. The Hall–Kier alpha value is -1.54. The molecule has 3 heterocycles. The normalized spacial score (nSPS) is 31.7. The maximum atomic E-state index is 3.75. The second kappa shape index (κ2) is 4.48. The SMILES string of the molecule is C1=CC[C@H]2C[C@H]3c4[nH]c5ccccc5c4CCN3C[C@H]2C1. The van der Waals surface area contributed by atoms with E-state index in [4.69, 9.17) is 0 Å². The van der Waals surface area contributed by atoms with Crippen LogP contribution in [0.15, 0.2) is 36.4 Å². The minimum atomic E-state index is 0.633. The number of aromatic amines is 1. The van der Waals surface area contributed by atoms with Crippen molar-refractivity contribution in [2.45, 2.75) is 31.7 Å². The van der Waals surface area contributed by atoms with Crippen molar-refractivity contribution in [3.63, 3.8) is 0 Å². The number of nitrogens with zero attached hydrogens (tertiary/aromatic N) is 1. The van der Waals surface area contributed by atoms with Gasteiger partial charge in [0.05, 0.1) is 6.04 Å². The van der Waals surface area contributed by atoms with Crippen LogP contribution in [0, 0.1) is 11.8 Å². The highest BCUT2D eigenvalue weighted by Crippen LogP contribution is 2.45. The van der Waals surface area contributed by atoms with Crippen molar-refractivity contribution in [2.24, 2.45) is 11.8 Å². The second-order valence-corrected chi connectivity index (χ2v) is 7.02. The Kier molecular flexibility index (Phi) is 2.57. The molecular formula is C19H22N2. The van der Waals surface area contributed by atoms with Crippen LogP contribution in [0.1, 0.15) is 36.6 Å².